The highest BCUT2D eigenvalue weighted by atomic mass is 14.6. The largest absolute Gasteiger partial charge is 0.328 e. The molecule has 1 atom stereocenters. The van der Waals surface area contributed by atoms with E-state index in [9.17, 15) is 0 Å². The van der Waals surface area contributed by atoms with Crippen molar-refractivity contribution in [3.63, 3.8) is 0 Å². The van der Waals surface area contributed by atoms with Gasteiger partial charge in [-0.05, 0) is 19.3 Å². The number of rotatable bonds is 7. The Kier molecular flexibility index (Phi) is 8.15. The van der Waals surface area contributed by atoms with E-state index in [4.69, 9.17) is 11.0 Å². The summed E-state index contributed by atoms with van der Waals surface area (Å²) in [6, 6.07) is 2.51. The molecule has 0 spiro atoms. The SMILES string of the molecule is CCCCC(N)CCCCC#N. The Morgan fingerprint density at radius 1 is 1.25 bits per heavy atom. The number of unbranched alkanes of at least 4 members (excludes halogenated alkanes) is 3. The lowest BCUT2D eigenvalue weighted by atomic mass is 10.0. The molecule has 0 aliphatic heterocycles. The van der Waals surface area contributed by atoms with E-state index in [2.05, 4.69) is 13.0 Å². The minimum absolute atomic E-state index is 0.364. The molecule has 0 radical (unpaired) electrons. The third-order valence-electron chi connectivity index (χ3n) is 2.04. The molecule has 0 aromatic rings. The normalized spacial score (nSPS) is 12.4. The molecule has 2 nitrogen and oxygen atoms in total. The lowest BCUT2D eigenvalue weighted by Gasteiger charge is -2.09. The molecular formula is C10H20N2. The maximum atomic E-state index is 8.29. The maximum Gasteiger partial charge on any atom is 0.0621 e. The van der Waals surface area contributed by atoms with Crippen LogP contribution in [0.2, 0.25) is 0 Å². The maximum absolute atomic E-state index is 8.29. The van der Waals surface area contributed by atoms with Gasteiger partial charge in [0, 0.05) is 12.5 Å². The Bertz CT molecular complexity index is 126. The second kappa shape index (κ2) is 8.55. The molecule has 1 unspecified atom stereocenters. The molecule has 70 valence electrons. The topological polar surface area (TPSA) is 49.8 Å². The molecule has 0 bridgehead atoms. The summed E-state index contributed by atoms with van der Waals surface area (Å²) in [6.07, 6.45) is 7.49. The van der Waals surface area contributed by atoms with Crippen LogP contribution in [0.1, 0.15) is 51.9 Å². The Morgan fingerprint density at radius 2 is 1.92 bits per heavy atom. The number of nitriles is 1. The Labute approximate surface area is 75.8 Å². The second-order valence-electron chi connectivity index (χ2n) is 3.31. The van der Waals surface area contributed by atoms with Crippen LogP contribution >= 0.6 is 0 Å². The van der Waals surface area contributed by atoms with Crippen LogP contribution in [0.25, 0.3) is 0 Å². The first-order chi connectivity index (χ1) is 5.81. The number of hydrogen-bond donors (Lipinski definition) is 1. The van der Waals surface area contributed by atoms with Gasteiger partial charge >= 0.3 is 0 Å². The average molecular weight is 168 g/mol. The zero-order chi connectivity index (χ0) is 9.23. The van der Waals surface area contributed by atoms with Crippen LogP contribution in [-0.4, -0.2) is 6.04 Å². The van der Waals surface area contributed by atoms with E-state index in [1.807, 2.05) is 0 Å². The fourth-order valence-electron chi connectivity index (χ4n) is 1.22. The third-order valence-corrected chi connectivity index (χ3v) is 2.04. The van der Waals surface area contributed by atoms with Gasteiger partial charge in [-0.2, -0.15) is 5.26 Å². The van der Waals surface area contributed by atoms with Crippen LogP contribution in [0.5, 0.6) is 0 Å². The third kappa shape index (κ3) is 7.56. The first kappa shape index (κ1) is 11.4. The van der Waals surface area contributed by atoms with Crippen LogP contribution in [0, 0.1) is 11.3 Å². The van der Waals surface area contributed by atoms with Crippen molar-refractivity contribution in [2.24, 2.45) is 5.73 Å². The van der Waals surface area contributed by atoms with Crippen molar-refractivity contribution in [2.75, 3.05) is 0 Å². The van der Waals surface area contributed by atoms with Gasteiger partial charge in [0.25, 0.3) is 0 Å². The molecule has 0 amide bonds. The molecule has 0 heterocycles. The molecule has 0 saturated heterocycles. The van der Waals surface area contributed by atoms with Crippen LogP contribution in [0.3, 0.4) is 0 Å². The van der Waals surface area contributed by atoms with Crippen LogP contribution in [0.4, 0.5) is 0 Å². The van der Waals surface area contributed by atoms with E-state index >= 15 is 0 Å². The standard InChI is InChI=1S/C10H20N2/c1-2-3-7-10(12)8-5-4-6-9-11/h10H,2-8,12H2,1H3. The van der Waals surface area contributed by atoms with Gasteiger partial charge in [0.05, 0.1) is 6.07 Å². The highest BCUT2D eigenvalue weighted by molar-refractivity contribution is 4.69. The van der Waals surface area contributed by atoms with E-state index < -0.39 is 0 Å². The zero-order valence-electron chi connectivity index (χ0n) is 8.05. The van der Waals surface area contributed by atoms with Crippen molar-refractivity contribution in [1.82, 2.24) is 0 Å². The molecule has 0 aliphatic rings. The van der Waals surface area contributed by atoms with Crippen LogP contribution < -0.4 is 5.73 Å². The summed E-state index contributed by atoms with van der Waals surface area (Å²) >= 11 is 0. The lowest BCUT2D eigenvalue weighted by Crippen LogP contribution is -2.19. The van der Waals surface area contributed by atoms with Crippen molar-refractivity contribution < 1.29 is 0 Å². The number of nitrogens with two attached hydrogens (primary N) is 1. The molecule has 2 heteroatoms. The zero-order valence-corrected chi connectivity index (χ0v) is 8.05. The summed E-state index contributed by atoms with van der Waals surface area (Å²) in [5.41, 5.74) is 5.86. The average Bonchev–Trinajstić information content (AvgIpc) is 2.09. The minimum Gasteiger partial charge on any atom is -0.328 e. The van der Waals surface area contributed by atoms with Gasteiger partial charge in [0.1, 0.15) is 0 Å². The minimum atomic E-state index is 0.364. The fourth-order valence-corrected chi connectivity index (χ4v) is 1.22. The second-order valence-corrected chi connectivity index (χ2v) is 3.31. The molecule has 2 N–H and O–H groups in total. The first-order valence-electron chi connectivity index (χ1n) is 4.93. The van der Waals surface area contributed by atoms with Gasteiger partial charge in [-0.15, -0.1) is 0 Å². The van der Waals surface area contributed by atoms with E-state index in [1.54, 1.807) is 0 Å². The van der Waals surface area contributed by atoms with Gasteiger partial charge in [-0.3, -0.25) is 0 Å². The lowest BCUT2D eigenvalue weighted by molar-refractivity contribution is 0.515. The molecule has 0 aliphatic carbocycles. The smallest absolute Gasteiger partial charge is 0.0621 e. The van der Waals surface area contributed by atoms with Gasteiger partial charge in [-0.25, -0.2) is 0 Å². The molecule has 0 fully saturated rings. The molecule has 12 heavy (non-hydrogen) atoms. The van der Waals surface area contributed by atoms with Crippen molar-refractivity contribution in [3.8, 4) is 6.07 Å². The predicted octanol–water partition coefficient (Wildman–Crippen LogP) is 2.59. The molecule has 0 aromatic heterocycles. The summed E-state index contributed by atoms with van der Waals surface area (Å²) in [6.45, 7) is 2.18. The van der Waals surface area contributed by atoms with E-state index in [0.29, 0.717) is 12.5 Å². The summed E-state index contributed by atoms with van der Waals surface area (Å²) in [4.78, 5) is 0. The Morgan fingerprint density at radius 3 is 2.50 bits per heavy atom. The first-order valence-corrected chi connectivity index (χ1v) is 4.93. The number of nitrogens with zero attached hydrogens (tertiary/aromatic N) is 1. The molecule has 0 aromatic carbocycles. The summed E-state index contributed by atoms with van der Waals surface area (Å²) in [5.74, 6) is 0. The molecular weight excluding hydrogens is 148 g/mol. The van der Waals surface area contributed by atoms with E-state index in [0.717, 1.165) is 25.7 Å². The van der Waals surface area contributed by atoms with Gasteiger partial charge in [0.15, 0.2) is 0 Å². The highest BCUT2D eigenvalue weighted by Gasteiger charge is 2.00. The molecule has 0 rings (SSSR count). The molecule has 0 saturated carbocycles. The quantitative estimate of drug-likeness (QED) is 0.594. The van der Waals surface area contributed by atoms with E-state index in [1.165, 1.54) is 12.8 Å². The monoisotopic (exact) mass is 168 g/mol. The predicted molar refractivity (Wildman–Crippen MR) is 51.6 cm³/mol. The van der Waals surface area contributed by atoms with Gasteiger partial charge in [0.2, 0.25) is 0 Å². The van der Waals surface area contributed by atoms with E-state index in [-0.39, 0.29) is 0 Å². The van der Waals surface area contributed by atoms with Gasteiger partial charge in [-0.1, -0.05) is 26.2 Å². The Hall–Kier alpha value is -0.550. The van der Waals surface area contributed by atoms with Crippen molar-refractivity contribution in [2.45, 2.75) is 57.9 Å². The highest BCUT2D eigenvalue weighted by Crippen LogP contribution is 2.07. The Balaban J connectivity index is 3.09. The summed E-state index contributed by atoms with van der Waals surface area (Å²) in [7, 11) is 0. The van der Waals surface area contributed by atoms with Crippen LogP contribution in [0.15, 0.2) is 0 Å². The van der Waals surface area contributed by atoms with Crippen molar-refractivity contribution in [3.05, 3.63) is 0 Å². The number of hydrogen-bond acceptors (Lipinski definition) is 2. The van der Waals surface area contributed by atoms with Crippen LogP contribution in [-0.2, 0) is 0 Å². The van der Waals surface area contributed by atoms with Crippen molar-refractivity contribution >= 4 is 0 Å². The summed E-state index contributed by atoms with van der Waals surface area (Å²) in [5, 5.41) is 8.29. The van der Waals surface area contributed by atoms with Gasteiger partial charge < -0.3 is 5.73 Å². The fraction of sp³-hybridized carbons (Fsp3) is 0.900. The summed E-state index contributed by atoms with van der Waals surface area (Å²) < 4.78 is 0. The van der Waals surface area contributed by atoms with Crippen molar-refractivity contribution in [1.29, 1.82) is 5.26 Å².